The van der Waals surface area contributed by atoms with Gasteiger partial charge in [-0.3, -0.25) is 0 Å². The first-order chi connectivity index (χ1) is 8.10. The Bertz CT molecular complexity index is 353. The zero-order valence-electron chi connectivity index (χ0n) is 10.9. The minimum Gasteiger partial charge on any atom is -0.493 e. The number of aliphatic hydroxyl groups is 1. The topological polar surface area (TPSA) is 50.7 Å². The maximum Gasteiger partial charge on any atom is 0.166 e. The highest BCUT2D eigenvalue weighted by atomic mass is 16.5. The van der Waals surface area contributed by atoms with Crippen LogP contribution in [0, 0.1) is 0 Å². The number of benzene rings is 1. The van der Waals surface area contributed by atoms with Crippen molar-refractivity contribution >= 4 is 0 Å². The minimum atomic E-state index is -0.609. The first-order valence-corrected chi connectivity index (χ1v) is 5.72. The van der Waals surface area contributed by atoms with Crippen LogP contribution in [0.2, 0.25) is 0 Å². The summed E-state index contributed by atoms with van der Waals surface area (Å²) in [5.41, 5.74) is 0.736. The molecule has 2 N–H and O–H groups in total. The molecule has 4 nitrogen and oxygen atoms in total. The van der Waals surface area contributed by atoms with Gasteiger partial charge in [0.1, 0.15) is 0 Å². The van der Waals surface area contributed by atoms with Gasteiger partial charge in [0.25, 0.3) is 0 Å². The molecule has 4 heteroatoms. The van der Waals surface area contributed by atoms with Crippen LogP contribution < -0.4 is 14.8 Å². The molecule has 1 unspecified atom stereocenters. The molecule has 0 aliphatic carbocycles. The second-order valence-corrected chi connectivity index (χ2v) is 4.16. The molecule has 1 aromatic rings. The van der Waals surface area contributed by atoms with Gasteiger partial charge >= 0.3 is 0 Å². The molecule has 0 aliphatic rings. The van der Waals surface area contributed by atoms with Crippen LogP contribution in [0.1, 0.15) is 25.5 Å². The van der Waals surface area contributed by atoms with Gasteiger partial charge < -0.3 is 19.9 Å². The number of methoxy groups -OCH3 is 2. The highest BCUT2D eigenvalue weighted by Crippen LogP contribution is 2.34. The molecule has 0 spiro atoms. The van der Waals surface area contributed by atoms with Crippen molar-refractivity contribution in [1.82, 2.24) is 5.32 Å². The third-order valence-corrected chi connectivity index (χ3v) is 2.51. The molecule has 0 aliphatic heterocycles. The number of hydrogen-bond acceptors (Lipinski definition) is 4. The van der Waals surface area contributed by atoms with Gasteiger partial charge in [0.15, 0.2) is 11.5 Å². The maximum atomic E-state index is 10.1. The molecule has 17 heavy (non-hydrogen) atoms. The van der Waals surface area contributed by atoms with E-state index in [0.717, 1.165) is 5.56 Å². The Morgan fingerprint density at radius 2 is 1.94 bits per heavy atom. The van der Waals surface area contributed by atoms with Crippen LogP contribution in [-0.4, -0.2) is 31.9 Å². The molecule has 0 aromatic heterocycles. The number of hydrogen-bond donors (Lipinski definition) is 2. The van der Waals surface area contributed by atoms with Crippen molar-refractivity contribution in [3.05, 3.63) is 23.8 Å². The first-order valence-electron chi connectivity index (χ1n) is 5.72. The second-order valence-electron chi connectivity index (χ2n) is 4.16. The molecular formula is C13H21NO3. The van der Waals surface area contributed by atoms with Crippen LogP contribution in [0.15, 0.2) is 18.2 Å². The Morgan fingerprint density at radius 3 is 2.47 bits per heavy atom. The molecule has 0 heterocycles. The summed E-state index contributed by atoms with van der Waals surface area (Å²) in [6.07, 6.45) is -0.609. The van der Waals surface area contributed by atoms with E-state index in [-0.39, 0.29) is 0 Å². The highest BCUT2D eigenvalue weighted by molar-refractivity contribution is 5.47. The summed E-state index contributed by atoms with van der Waals surface area (Å²) in [7, 11) is 3.16. The van der Waals surface area contributed by atoms with Gasteiger partial charge in [0.05, 0.1) is 20.3 Å². The quantitative estimate of drug-likeness (QED) is 0.794. The minimum absolute atomic E-state index is 0.334. The van der Waals surface area contributed by atoms with Crippen LogP contribution in [-0.2, 0) is 0 Å². The van der Waals surface area contributed by atoms with E-state index in [1.807, 2.05) is 32.0 Å². The summed E-state index contributed by atoms with van der Waals surface area (Å²) in [6, 6.07) is 5.83. The SMILES string of the molecule is COc1cccc(C(O)CNC(C)C)c1OC. The maximum absolute atomic E-state index is 10.1. The van der Waals surface area contributed by atoms with Gasteiger partial charge in [-0.05, 0) is 6.07 Å². The normalized spacial score (nSPS) is 12.6. The molecule has 0 saturated heterocycles. The average Bonchev–Trinajstić information content (AvgIpc) is 2.34. The molecule has 0 saturated carbocycles. The van der Waals surface area contributed by atoms with Gasteiger partial charge in [0.2, 0.25) is 0 Å². The molecule has 1 atom stereocenters. The van der Waals surface area contributed by atoms with Gasteiger partial charge in [-0.25, -0.2) is 0 Å². The van der Waals surface area contributed by atoms with E-state index in [4.69, 9.17) is 9.47 Å². The summed E-state index contributed by atoms with van der Waals surface area (Å²) in [4.78, 5) is 0. The van der Waals surface area contributed by atoms with E-state index in [0.29, 0.717) is 24.1 Å². The van der Waals surface area contributed by atoms with E-state index in [2.05, 4.69) is 5.32 Å². The Hall–Kier alpha value is -1.26. The fraction of sp³-hybridized carbons (Fsp3) is 0.538. The predicted molar refractivity (Wildman–Crippen MR) is 67.6 cm³/mol. The Labute approximate surface area is 103 Å². The summed E-state index contributed by atoms with van der Waals surface area (Å²) < 4.78 is 10.5. The lowest BCUT2D eigenvalue weighted by Crippen LogP contribution is -2.28. The van der Waals surface area contributed by atoms with Crippen LogP contribution in [0.3, 0.4) is 0 Å². The number of ether oxygens (including phenoxy) is 2. The van der Waals surface area contributed by atoms with Gasteiger partial charge in [-0.15, -0.1) is 0 Å². The first kappa shape index (κ1) is 13.8. The molecular weight excluding hydrogens is 218 g/mol. The van der Waals surface area contributed by atoms with Crippen molar-refractivity contribution in [2.24, 2.45) is 0 Å². The van der Waals surface area contributed by atoms with Crippen molar-refractivity contribution in [1.29, 1.82) is 0 Å². The third-order valence-electron chi connectivity index (χ3n) is 2.51. The van der Waals surface area contributed by atoms with Gasteiger partial charge in [0, 0.05) is 18.2 Å². The Balaban J connectivity index is 2.88. The van der Waals surface area contributed by atoms with Crippen molar-refractivity contribution in [2.45, 2.75) is 26.0 Å². The van der Waals surface area contributed by atoms with Crippen molar-refractivity contribution in [3.8, 4) is 11.5 Å². The smallest absolute Gasteiger partial charge is 0.166 e. The lowest BCUT2D eigenvalue weighted by atomic mass is 10.1. The standard InChI is InChI=1S/C13H21NO3/c1-9(2)14-8-11(15)10-6-5-7-12(16-3)13(10)17-4/h5-7,9,11,14-15H,8H2,1-4H3. The van der Waals surface area contributed by atoms with Crippen molar-refractivity contribution in [2.75, 3.05) is 20.8 Å². The Kier molecular flexibility index (Phi) is 5.25. The lowest BCUT2D eigenvalue weighted by Gasteiger charge is -2.18. The molecule has 0 amide bonds. The van der Waals surface area contributed by atoms with Crippen LogP contribution in [0.4, 0.5) is 0 Å². The van der Waals surface area contributed by atoms with Crippen LogP contribution in [0.25, 0.3) is 0 Å². The Morgan fingerprint density at radius 1 is 1.24 bits per heavy atom. The highest BCUT2D eigenvalue weighted by Gasteiger charge is 2.16. The molecule has 1 rings (SSSR count). The molecule has 0 bridgehead atoms. The third kappa shape index (κ3) is 3.61. The van der Waals surface area contributed by atoms with Crippen LogP contribution in [0.5, 0.6) is 11.5 Å². The van der Waals surface area contributed by atoms with E-state index >= 15 is 0 Å². The van der Waals surface area contributed by atoms with E-state index < -0.39 is 6.10 Å². The van der Waals surface area contributed by atoms with Gasteiger partial charge in [-0.2, -0.15) is 0 Å². The largest absolute Gasteiger partial charge is 0.493 e. The van der Waals surface area contributed by atoms with E-state index in [1.54, 1.807) is 14.2 Å². The molecule has 0 radical (unpaired) electrons. The van der Waals surface area contributed by atoms with Crippen molar-refractivity contribution in [3.63, 3.8) is 0 Å². The zero-order chi connectivity index (χ0) is 12.8. The fourth-order valence-electron chi connectivity index (χ4n) is 1.63. The summed E-state index contributed by atoms with van der Waals surface area (Å²) >= 11 is 0. The molecule has 96 valence electrons. The summed E-state index contributed by atoms with van der Waals surface area (Å²) in [6.45, 7) is 4.56. The number of nitrogens with one attached hydrogen (secondary N) is 1. The fourth-order valence-corrected chi connectivity index (χ4v) is 1.63. The summed E-state index contributed by atoms with van der Waals surface area (Å²) in [5.74, 6) is 1.22. The van der Waals surface area contributed by atoms with E-state index in [9.17, 15) is 5.11 Å². The van der Waals surface area contributed by atoms with E-state index in [1.165, 1.54) is 0 Å². The molecule has 0 fully saturated rings. The summed E-state index contributed by atoms with van der Waals surface area (Å²) in [5, 5.41) is 13.3. The number of para-hydroxylation sites is 1. The second kappa shape index (κ2) is 6.47. The number of rotatable bonds is 6. The zero-order valence-corrected chi connectivity index (χ0v) is 10.9. The van der Waals surface area contributed by atoms with Crippen molar-refractivity contribution < 1.29 is 14.6 Å². The molecule has 1 aromatic carbocycles. The van der Waals surface area contributed by atoms with Crippen LogP contribution >= 0.6 is 0 Å². The number of aliphatic hydroxyl groups excluding tert-OH is 1. The lowest BCUT2D eigenvalue weighted by molar-refractivity contribution is 0.166. The monoisotopic (exact) mass is 239 g/mol. The average molecular weight is 239 g/mol. The predicted octanol–water partition coefficient (Wildman–Crippen LogP) is 1.74. The van der Waals surface area contributed by atoms with Gasteiger partial charge in [-0.1, -0.05) is 26.0 Å².